The molecule has 0 unspecified atom stereocenters. The Morgan fingerprint density at radius 2 is 2.00 bits per heavy atom. The maximum absolute atomic E-state index is 3.37. The predicted molar refractivity (Wildman–Crippen MR) is 57.3 cm³/mol. The highest BCUT2D eigenvalue weighted by atomic mass is 15.3. The van der Waals surface area contributed by atoms with E-state index in [1.807, 2.05) is 0 Å². The zero-order valence-corrected chi connectivity index (χ0v) is 9.29. The fraction of sp³-hybridized carbons (Fsp3) is 1.00. The zero-order chi connectivity index (χ0) is 9.76. The van der Waals surface area contributed by atoms with E-state index in [-0.39, 0.29) is 0 Å². The zero-order valence-electron chi connectivity index (χ0n) is 9.29. The fourth-order valence-corrected chi connectivity index (χ4v) is 3.49. The first kappa shape index (κ1) is 9.13. The summed E-state index contributed by atoms with van der Waals surface area (Å²) in [7, 11) is 2.26. The van der Waals surface area contributed by atoms with Gasteiger partial charge in [-0.2, -0.15) is 0 Å². The Morgan fingerprint density at radius 3 is 2.57 bits per heavy atom. The number of fused-ring (bicyclic) bond motifs is 1. The minimum absolute atomic E-state index is 0.588. The summed E-state index contributed by atoms with van der Waals surface area (Å²) in [4.78, 5) is 5.22. The minimum Gasteiger partial charge on any atom is -0.314 e. The summed E-state index contributed by atoms with van der Waals surface area (Å²) in [6, 6.07) is 0.850. The summed E-state index contributed by atoms with van der Waals surface area (Å²) in [5.41, 5.74) is 0.588. The molecular weight excluding hydrogens is 174 g/mol. The number of likely N-dealkylation sites (tertiary alicyclic amines) is 2. The van der Waals surface area contributed by atoms with Gasteiger partial charge >= 0.3 is 0 Å². The summed E-state index contributed by atoms with van der Waals surface area (Å²) in [5.74, 6) is 0.924. The second-order valence-electron chi connectivity index (χ2n) is 5.79. The Balaban J connectivity index is 1.69. The van der Waals surface area contributed by atoms with E-state index < -0.39 is 0 Å². The molecule has 0 aliphatic carbocycles. The van der Waals surface area contributed by atoms with E-state index >= 15 is 0 Å². The molecule has 0 saturated carbocycles. The van der Waals surface area contributed by atoms with Crippen LogP contribution in [0.5, 0.6) is 0 Å². The van der Waals surface area contributed by atoms with Crippen molar-refractivity contribution in [3.8, 4) is 0 Å². The van der Waals surface area contributed by atoms with Crippen molar-refractivity contribution in [1.29, 1.82) is 0 Å². The highest BCUT2D eigenvalue weighted by Gasteiger charge is 2.49. The van der Waals surface area contributed by atoms with Crippen LogP contribution in [-0.4, -0.2) is 62.2 Å². The normalized spacial score (nSPS) is 45.4. The lowest BCUT2D eigenvalue weighted by Crippen LogP contribution is -2.57. The molecule has 1 N–H and O–H groups in total. The average Bonchev–Trinajstić information content (AvgIpc) is 2.34. The van der Waals surface area contributed by atoms with Crippen LogP contribution < -0.4 is 5.32 Å². The highest BCUT2D eigenvalue weighted by Crippen LogP contribution is 2.42. The molecule has 3 rings (SSSR count). The van der Waals surface area contributed by atoms with Gasteiger partial charge < -0.3 is 10.2 Å². The second-order valence-corrected chi connectivity index (χ2v) is 5.79. The van der Waals surface area contributed by atoms with Gasteiger partial charge in [-0.25, -0.2) is 0 Å². The molecule has 0 radical (unpaired) electrons. The van der Waals surface area contributed by atoms with Crippen LogP contribution in [0.25, 0.3) is 0 Å². The first-order valence-corrected chi connectivity index (χ1v) is 5.81. The molecule has 0 aromatic rings. The van der Waals surface area contributed by atoms with Gasteiger partial charge in [0.25, 0.3) is 0 Å². The SMILES string of the molecule is CN1C[C@H]2CN(C3CNC3)C[C@@]2(C)C1. The summed E-state index contributed by atoms with van der Waals surface area (Å²) in [6.45, 7) is 10.2. The third kappa shape index (κ3) is 1.23. The van der Waals surface area contributed by atoms with Crippen LogP contribution >= 0.6 is 0 Å². The van der Waals surface area contributed by atoms with E-state index in [2.05, 4.69) is 29.1 Å². The van der Waals surface area contributed by atoms with Crippen LogP contribution in [-0.2, 0) is 0 Å². The average molecular weight is 195 g/mol. The van der Waals surface area contributed by atoms with Crippen molar-refractivity contribution in [2.75, 3.05) is 46.3 Å². The topological polar surface area (TPSA) is 18.5 Å². The van der Waals surface area contributed by atoms with Crippen molar-refractivity contribution in [3.05, 3.63) is 0 Å². The van der Waals surface area contributed by atoms with Gasteiger partial charge in [-0.1, -0.05) is 6.92 Å². The van der Waals surface area contributed by atoms with Gasteiger partial charge in [0.2, 0.25) is 0 Å². The standard InChI is InChI=1S/C11H21N3/c1-11-7-13(2)5-9(11)6-14(8-11)10-3-12-4-10/h9-10,12H,3-8H2,1-2H3/t9-,11+/m0/s1. The Bertz CT molecular complexity index is 239. The molecular formula is C11H21N3. The van der Waals surface area contributed by atoms with E-state index in [1.54, 1.807) is 0 Å². The van der Waals surface area contributed by atoms with Crippen molar-refractivity contribution < 1.29 is 0 Å². The molecule has 3 heteroatoms. The molecule has 0 aromatic heterocycles. The van der Waals surface area contributed by atoms with Crippen LogP contribution in [0.2, 0.25) is 0 Å². The molecule has 3 aliphatic rings. The first-order valence-electron chi connectivity index (χ1n) is 5.81. The molecule has 0 amide bonds. The van der Waals surface area contributed by atoms with Gasteiger partial charge in [-0.15, -0.1) is 0 Å². The Labute approximate surface area is 86.4 Å². The van der Waals surface area contributed by atoms with Crippen molar-refractivity contribution in [1.82, 2.24) is 15.1 Å². The smallest absolute Gasteiger partial charge is 0.0345 e. The van der Waals surface area contributed by atoms with Crippen LogP contribution in [0.15, 0.2) is 0 Å². The Morgan fingerprint density at radius 1 is 1.21 bits per heavy atom. The summed E-state index contributed by atoms with van der Waals surface area (Å²) in [6.07, 6.45) is 0. The predicted octanol–water partition coefficient (Wildman–Crippen LogP) is -0.158. The molecule has 0 aromatic carbocycles. The molecule has 3 aliphatic heterocycles. The van der Waals surface area contributed by atoms with Gasteiger partial charge in [-0.05, 0) is 18.4 Å². The third-order valence-corrected chi connectivity index (χ3v) is 4.44. The summed E-state index contributed by atoms with van der Waals surface area (Å²) < 4.78 is 0. The van der Waals surface area contributed by atoms with Crippen molar-refractivity contribution in [2.24, 2.45) is 11.3 Å². The maximum Gasteiger partial charge on any atom is 0.0345 e. The van der Waals surface area contributed by atoms with Gasteiger partial charge in [0.05, 0.1) is 0 Å². The van der Waals surface area contributed by atoms with Gasteiger partial charge in [0, 0.05) is 45.3 Å². The largest absolute Gasteiger partial charge is 0.314 e. The molecule has 3 heterocycles. The first-order chi connectivity index (χ1) is 6.67. The Hall–Kier alpha value is -0.120. The minimum atomic E-state index is 0.588. The molecule has 0 spiro atoms. The molecule has 3 fully saturated rings. The Kier molecular flexibility index (Phi) is 1.92. The van der Waals surface area contributed by atoms with E-state index in [4.69, 9.17) is 0 Å². The molecule has 3 nitrogen and oxygen atoms in total. The van der Waals surface area contributed by atoms with Crippen molar-refractivity contribution in [3.63, 3.8) is 0 Å². The molecule has 2 atom stereocenters. The van der Waals surface area contributed by atoms with Crippen LogP contribution in [0, 0.1) is 11.3 Å². The quantitative estimate of drug-likeness (QED) is 0.627. The number of hydrogen-bond donors (Lipinski definition) is 1. The lowest BCUT2D eigenvalue weighted by molar-refractivity contribution is 0.148. The maximum atomic E-state index is 3.37. The molecule has 3 saturated heterocycles. The van der Waals surface area contributed by atoms with E-state index in [1.165, 1.54) is 39.3 Å². The number of hydrogen-bond acceptors (Lipinski definition) is 3. The lowest BCUT2D eigenvalue weighted by atomic mass is 9.83. The number of rotatable bonds is 1. The number of nitrogens with zero attached hydrogens (tertiary/aromatic N) is 2. The molecule has 80 valence electrons. The summed E-state index contributed by atoms with van der Waals surface area (Å²) >= 11 is 0. The molecule has 14 heavy (non-hydrogen) atoms. The van der Waals surface area contributed by atoms with Crippen molar-refractivity contribution in [2.45, 2.75) is 13.0 Å². The van der Waals surface area contributed by atoms with Crippen LogP contribution in [0.1, 0.15) is 6.92 Å². The van der Waals surface area contributed by atoms with Crippen molar-refractivity contribution >= 4 is 0 Å². The van der Waals surface area contributed by atoms with Gasteiger partial charge in [0.15, 0.2) is 0 Å². The highest BCUT2D eigenvalue weighted by molar-refractivity contribution is 5.03. The van der Waals surface area contributed by atoms with Gasteiger partial charge in [-0.3, -0.25) is 4.90 Å². The third-order valence-electron chi connectivity index (χ3n) is 4.44. The monoisotopic (exact) mass is 195 g/mol. The number of nitrogens with one attached hydrogen (secondary N) is 1. The van der Waals surface area contributed by atoms with Gasteiger partial charge in [0.1, 0.15) is 0 Å². The summed E-state index contributed by atoms with van der Waals surface area (Å²) in [5, 5.41) is 3.37. The van der Waals surface area contributed by atoms with Crippen LogP contribution in [0.4, 0.5) is 0 Å². The fourth-order valence-electron chi connectivity index (χ4n) is 3.49. The van der Waals surface area contributed by atoms with E-state index in [0.29, 0.717) is 5.41 Å². The lowest BCUT2D eigenvalue weighted by Gasteiger charge is -2.37. The molecule has 0 bridgehead atoms. The second kappa shape index (κ2) is 2.94. The van der Waals surface area contributed by atoms with E-state index in [0.717, 1.165) is 12.0 Å². The van der Waals surface area contributed by atoms with E-state index in [9.17, 15) is 0 Å². The van der Waals surface area contributed by atoms with Crippen LogP contribution in [0.3, 0.4) is 0 Å².